The molecule has 1 aromatic heterocycles. The zero-order chi connectivity index (χ0) is 24.2. The van der Waals surface area contributed by atoms with Crippen molar-refractivity contribution in [1.29, 1.82) is 0 Å². The van der Waals surface area contributed by atoms with Crippen molar-refractivity contribution in [3.05, 3.63) is 11.7 Å². The van der Waals surface area contributed by atoms with E-state index < -0.39 is 32.9 Å². The van der Waals surface area contributed by atoms with Gasteiger partial charge in [0.15, 0.2) is 15.7 Å². The number of carbonyl (C=O) groups is 3. The standard InChI is InChI=1S/C21H32N4O7S/c1-4-15(19(28)20-22-16(5-2)23-32-20)25(21(14-6-7-14)33(3,29)30)18(27)9-8-17(26)24-10-12-31-13-11-24/h14-15,21H,4-13H2,1-3H3/t15-,21+/m0/s1. The molecular formula is C21H32N4O7S. The highest BCUT2D eigenvalue weighted by atomic mass is 32.2. The molecule has 3 rings (SSSR count). The molecule has 2 amide bonds. The summed E-state index contributed by atoms with van der Waals surface area (Å²) in [5, 5.41) is 2.61. The molecule has 184 valence electrons. The van der Waals surface area contributed by atoms with Crippen LogP contribution in [0.25, 0.3) is 0 Å². The first kappa shape index (κ1) is 25.3. The van der Waals surface area contributed by atoms with E-state index in [1.807, 2.05) is 6.92 Å². The molecule has 0 N–H and O–H groups in total. The summed E-state index contributed by atoms with van der Waals surface area (Å²) in [5.41, 5.74) is 0. The maximum Gasteiger partial charge on any atom is 0.296 e. The van der Waals surface area contributed by atoms with Crippen LogP contribution in [0.4, 0.5) is 0 Å². The van der Waals surface area contributed by atoms with Crippen LogP contribution in [0.2, 0.25) is 0 Å². The van der Waals surface area contributed by atoms with Crippen LogP contribution in [-0.4, -0.2) is 89.9 Å². The Hall–Kier alpha value is -2.34. The number of Topliss-reactive ketones (excluding diaryl/α,β-unsaturated/α-hetero) is 1. The fraction of sp³-hybridized carbons (Fsp3) is 0.762. The first-order chi connectivity index (χ1) is 15.7. The molecule has 1 aliphatic carbocycles. The SMILES string of the molecule is CCc1noc(C(=O)[C@H](CC)N(C(=O)CCC(=O)N2CCOCC2)[C@@H](C2CC2)S(C)(=O)=O)n1. The molecule has 0 unspecified atom stereocenters. The lowest BCUT2D eigenvalue weighted by molar-refractivity contribution is -0.140. The van der Waals surface area contributed by atoms with E-state index in [4.69, 9.17) is 9.26 Å². The highest BCUT2D eigenvalue weighted by Gasteiger charge is 2.48. The number of hydrogen-bond acceptors (Lipinski definition) is 9. The van der Waals surface area contributed by atoms with Crippen LogP contribution in [-0.2, 0) is 30.6 Å². The van der Waals surface area contributed by atoms with E-state index in [-0.39, 0.29) is 37.0 Å². The number of amides is 2. The molecule has 0 aromatic carbocycles. The second kappa shape index (κ2) is 10.7. The summed E-state index contributed by atoms with van der Waals surface area (Å²) >= 11 is 0. The number of sulfone groups is 1. The molecule has 2 aliphatic rings. The van der Waals surface area contributed by atoms with Gasteiger partial charge in [0, 0.05) is 38.6 Å². The molecule has 1 aromatic rings. The second-order valence-electron chi connectivity index (χ2n) is 8.51. The van der Waals surface area contributed by atoms with E-state index >= 15 is 0 Å². The molecule has 12 heteroatoms. The Morgan fingerprint density at radius 2 is 1.82 bits per heavy atom. The molecule has 0 bridgehead atoms. The molecule has 33 heavy (non-hydrogen) atoms. The zero-order valence-electron chi connectivity index (χ0n) is 19.4. The number of carbonyl (C=O) groups excluding carboxylic acids is 3. The van der Waals surface area contributed by atoms with Crippen molar-refractivity contribution >= 4 is 27.4 Å². The van der Waals surface area contributed by atoms with Crippen molar-refractivity contribution in [2.75, 3.05) is 32.6 Å². The fourth-order valence-corrected chi connectivity index (χ4v) is 5.77. The Kier molecular flexibility index (Phi) is 8.22. The van der Waals surface area contributed by atoms with Crippen LogP contribution < -0.4 is 0 Å². The summed E-state index contributed by atoms with van der Waals surface area (Å²) in [6.07, 6.45) is 2.76. The summed E-state index contributed by atoms with van der Waals surface area (Å²) in [7, 11) is -3.70. The average molecular weight is 485 g/mol. The molecular weight excluding hydrogens is 452 g/mol. The minimum Gasteiger partial charge on any atom is -0.378 e. The van der Waals surface area contributed by atoms with Gasteiger partial charge >= 0.3 is 0 Å². The molecule has 2 fully saturated rings. The Morgan fingerprint density at radius 3 is 2.33 bits per heavy atom. The lowest BCUT2D eigenvalue weighted by Crippen LogP contribution is -2.54. The van der Waals surface area contributed by atoms with Gasteiger partial charge in [-0.2, -0.15) is 4.98 Å². The van der Waals surface area contributed by atoms with E-state index in [2.05, 4.69) is 10.1 Å². The van der Waals surface area contributed by atoms with Crippen molar-refractivity contribution in [1.82, 2.24) is 19.9 Å². The molecule has 2 atom stereocenters. The molecule has 11 nitrogen and oxygen atoms in total. The minimum absolute atomic E-state index is 0.0678. The van der Waals surface area contributed by atoms with Gasteiger partial charge in [-0.15, -0.1) is 0 Å². The average Bonchev–Trinajstić information content (AvgIpc) is 3.50. The number of hydrogen-bond donors (Lipinski definition) is 0. The van der Waals surface area contributed by atoms with E-state index in [0.717, 1.165) is 11.2 Å². The van der Waals surface area contributed by atoms with E-state index in [1.54, 1.807) is 11.8 Å². The molecule has 1 saturated heterocycles. The molecule has 1 aliphatic heterocycles. The lowest BCUT2D eigenvalue weighted by Gasteiger charge is -2.36. The van der Waals surface area contributed by atoms with Crippen LogP contribution >= 0.6 is 0 Å². The number of morpholine rings is 1. The van der Waals surface area contributed by atoms with Gasteiger partial charge in [0.05, 0.1) is 13.2 Å². The van der Waals surface area contributed by atoms with Gasteiger partial charge in [-0.1, -0.05) is 19.0 Å². The Bertz CT molecular complexity index is 967. The Balaban J connectivity index is 1.85. The number of ketones is 1. The smallest absolute Gasteiger partial charge is 0.296 e. The Morgan fingerprint density at radius 1 is 1.15 bits per heavy atom. The summed E-state index contributed by atoms with van der Waals surface area (Å²) in [6.45, 7) is 5.31. The molecule has 2 heterocycles. The highest BCUT2D eigenvalue weighted by molar-refractivity contribution is 7.91. The first-order valence-electron chi connectivity index (χ1n) is 11.4. The molecule has 0 radical (unpaired) electrons. The van der Waals surface area contributed by atoms with Crippen molar-refractivity contribution in [3.63, 3.8) is 0 Å². The van der Waals surface area contributed by atoms with Gasteiger partial charge in [-0.05, 0) is 25.2 Å². The Labute approximate surface area is 193 Å². The number of rotatable bonds is 11. The maximum atomic E-state index is 13.4. The predicted molar refractivity (Wildman–Crippen MR) is 117 cm³/mol. The third-order valence-electron chi connectivity index (χ3n) is 5.96. The van der Waals surface area contributed by atoms with Crippen LogP contribution in [0, 0.1) is 5.92 Å². The van der Waals surface area contributed by atoms with Crippen molar-refractivity contribution in [2.45, 2.75) is 63.8 Å². The predicted octanol–water partition coefficient (Wildman–Crippen LogP) is 0.842. The van der Waals surface area contributed by atoms with Crippen molar-refractivity contribution in [3.8, 4) is 0 Å². The van der Waals surface area contributed by atoms with Gasteiger partial charge in [-0.3, -0.25) is 14.4 Å². The maximum absolute atomic E-state index is 13.4. The van der Waals surface area contributed by atoms with Crippen LogP contribution in [0.15, 0.2) is 4.52 Å². The number of aryl methyl sites for hydroxylation is 1. The van der Waals surface area contributed by atoms with E-state index in [9.17, 15) is 22.8 Å². The van der Waals surface area contributed by atoms with E-state index in [1.165, 1.54) is 0 Å². The lowest BCUT2D eigenvalue weighted by atomic mass is 10.1. The number of nitrogens with zero attached hydrogens (tertiary/aromatic N) is 4. The number of ether oxygens (including phenoxy) is 1. The minimum atomic E-state index is -3.70. The van der Waals surface area contributed by atoms with Gasteiger partial charge < -0.3 is 19.1 Å². The van der Waals surface area contributed by atoms with Gasteiger partial charge in [-0.25, -0.2) is 8.42 Å². The quantitative estimate of drug-likeness (QED) is 0.418. The first-order valence-corrected chi connectivity index (χ1v) is 13.3. The van der Waals surface area contributed by atoms with E-state index in [0.29, 0.717) is 51.4 Å². The van der Waals surface area contributed by atoms with Gasteiger partial charge in [0.1, 0.15) is 11.4 Å². The normalized spacial score (nSPS) is 18.6. The third kappa shape index (κ3) is 6.17. The zero-order valence-corrected chi connectivity index (χ0v) is 20.2. The molecule has 0 spiro atoms. The van der Waals surface area contributed by atoms with Gasteiger partial charge in [0.2, 0.25) is 17.6 Å². The molecule has 1 saturated carbocycles. The van der Waals surface area contributed by atoms with Crippen LogP contribution in [0.3, 0.4) is 0 Å². The number of aromatic nitrogens is 2. The summed E-state index contributed by atoms with van der Waals surface area (Å²) < 4.78 is 35.8. The monoisotopic (exact) mass is 484 g/mol. The summed E-state index contributed by atoms with van der Waals surface area (Å²) in [6, 6.07) is -1.08. The van der Waals surface area contributed by atoms with Gasteiger partial charge in [0.25, 0.3) is 5.89 Å². The summed E-state index contributed by atoms with van der Waals surface area (Å²) in [5.74, 6) is -1.47. The summed E-state index contributed by atoms with van der Waals surface area (Å²) in [4.78, 5) is 46.0. The topological polar surface area (TPSA) is 140 Å². The second-order valence-corrected chi connectivity index (χ2v) is 10.7. The van der Waals surface area contributed by atoms with Crippen molar-refractivity contribution < 1.29 is 32.1 Å². The van der Waals surface area contributed by atoms with Crippen LogP contribution in [0.5, 0.6) is 0 Å². The third-order valence-corrected chi connectivity index (χ3v) is 7.45. The largest absolute Gasteiger partial charge is 0.378 e. The fourth-order valence-electron chi connectivity index (χ4n) is 4.12. The van der Waals surface area contributed by atoms with Crippen LogP contribution in [0.1, 0.15) is 62.5 Å². The highest BCUT2D eigenvalue weighted by Crippen LogP contribution is 2.39. The van der Waals surface area contributed by atoms with Crippen molar-refractivity contribution in [2.24, 2.45) is 5.92 Å².